The fourth-order valence-corrected chi connectivity index (χ4v) is 3.46. The summed E-state index contributed by atoms with van der Waals surface area (Å²) in [6.45, 7) is 8.76. The first-order valence-corrected chi connectivity index (χ1v) is 10.7. The first-order valence-electron chi connectivity index (χ1n) is 10.7. The molecule has 0 aliphatic carbocycles. The molecule has 0 amide bonds. The standard InChI is InChI=1S/C22H38N4O3.HI/c1-4-23-22(24-12-7-15-29-17-16-27-2)25-18-21(26-13-5-6-14-26)19-8-10-20(28-3)11-9-19;/h8-11,21H,4-7,12-18H2,1-3H3,(H2,23,24,25);1H. The van der Waals surface area contributed by atoms with Gasteiger partial charge in [0.2, 0.25) is 0 Å². The van der Waals surface area contributed by atoms with Crippen LogP contribution in [0.25, 0.3) is 0 Å². The number of methoxy groups -OCH3 is 2. The zero-order valence-corrected chi connectivity index (χ0v) is 21.0. The van der Waals surface area contributed by atoms with Crippen molar-refractivity contribution in [2.45, 2.75) is 32.2 Å². The van der Waals surface area contributed by atoms with E-state index in [1.807, 2.05) is 12.1 Å². The molecule has 0 aromatic heterocycles. The summed E-state index contributed by atoms with van der Waals surface area (Å²) in [6.07, 6.45) is 3.46. The van der Waals surface area contributed by atoms with Gasteiger partial charge in [-0.2, -0.15) is 0 Å². The van der Waals surface area contributed by atoms with Crippen molar-refractivity contribution in [1.82, 2.24) is 15.5 Å². The number of ether oxygens (including phenoxy) is 3. The van der Waals surface area contributed by atoms with Gasteiger partial charge >= 0.3 is 0 Å². The third-order valence-electron chi connectivity index (χ3n) is 5.04. The largest absolute Gasteiger partial charge is 0.497 e. The lowest BCUT2D eigenvalue weighted by Crippen LogP contribution is -2.39. The van der Waals surface area contributed by atoms with Gasteiger partial charge in [-0.05, 0) is 57.0 Å². The number of aliphatic imine (C=N–C) groups is 1. The Labute approximate surface area is 199 Å². The molecule has 0 spiro atoms. The Morgan fingerprint density at radius 1 is 1.07 bits per heavy atom. The molecule has 0 bridgehead atoms. The van der Waals surface area contributed by atoms with Crippen LogP contribution in [0.3, 0.4) is 0 Å². The second-order valence-corrected chi connectivity index (χ2v) is 7.14. The Morgan fingerprint density at radius 3 is 2.43 bits per heavy atom. The van der Waals surface area contributed by atoms with E-state index in [-0.39, 0.29) is 30.0 Å². The second kappa shape index (κ2) is 16.6. The SMILES string of the molecule is CCNC(=NCC(c1ccc(OC)cc1)N1CCCC1)NCCCOCCOC.I. The number of benzene rings is 1. The molecule has 2 N–H and O–H groups in total. The number of hydrogen-bond donors (Lipinski definition) is 2. The summed E-state index contributed by atoms with van der Waals surface area (Å²) in [5.41, 5.74) is 1.29. The predicted octanol–water partition coefficient (Wildman–Crippen LogP) is 3.06. The maximum Gasteiger partial charge on any atom is 0.191 e. The van der Waals surface area contributed by atoms with E-state index in [0.717, 1.165) is 57.5 Å². The fraction of sp³-hybridized carbons (Fsp3) is 0.682. The minimum atomic E-state index is 0. The molecule has 8 heteroatoms. The maximum absolute atomic E-state index is 5.52. The van der Waals surface area contributed by atoms with Crippen LogP contribution in [0.1, 0.15) is 37.8 Å². The first kappa shape index (κ1) is 26.9. The molecule has 1 unspecified atom stereocenters. The number of hydrogen-bond acceptors (Lipinski definition) is 5. The fourth-order valence-electron chi connectivity index (χ4n) is 3.46. The summed E-state index contributed by atoms with van der Waals surface area (Å²) in [6, 6.07) is 8.69. The van der Waals surface area contributed by atoms with Crippen molar-refractivity contribution in [2.75, 3.05) is 66.8 Å². The molecule has 1 aromatic rings. The maximum atomic E-state index is 5.52. The average molecular weight is 534 g/mol. The van der Waals surface area contributed by atoms with Crippen LogP contribution in [0.2, 0.25) is 0 Å². The summed E-state index contributed by atoms with van der Waals surface area (Å²) in [4.78, 5) is 7.43. The van der Waals surface area contributed by atoms with Crippen LogP contribution in [0.4, 0.5) is 0 Å². The van der Waals surface area contributed by atoms with Crippen molar-refractivity contribution in [3.63, 3.8) is 0 Å². The van der Waals surface area contributed by atoms with E-state index in [9.17, 15) is 0 Å². The normalized spacial score (nSPS) is 15.5. The number of nitrogens with zero attached hydrogens (tertiary/aromatic N) is 2. The minimum absolute atomic E-state index is 0. The molecule has 1 fully saturated rings. The zero-order chi connectivity index (χ0) is 20.7. The molecular weight excluding hydrogens is 495 g/mol. The third kappa shape index (κ3) is 9.80. The molecule has 1 aromatic carbocycles. The van der Waals surface area contributed by atoms with Gasteiger partial charge in [0.1, 0.15) is 5.75 Å². The molecule has 7 nitrogen and oxygen atoms in total. The Hall–Kier alpha value is -1.10. The van der Waals surface area contributed by atoms with Crippen LogP contribution in [0.5, 0.6) is 5.75 Å². The van der Waals surface area contributed by atoms with E-state index < -0.39 is 0 Å². The molecular formula is C22H39IN4O3. The lowest BCUT2D eigenvalue weighted by molar-refractivity contribution is 0.0698. The highest BCUT2D eigenvalue weighted by Gasteiger charge is 2.23. The summed E-state index contributed by atoms with van der Waals surface area (Å²) in [7, 11) is 3.39. The molecule has 0 radical (unpaired) electrons. The minimum Gasteiger partial charge on any atom is -0.497 e. The van der Waals surface area contributed by atoms with Gasteiger partial charge in [-0.3, -0.25) is 9.89 Å². The zero-order valence-electron chi connectivity index (χ0n) is 18.7. The van der Waals surface area contributed by atoms with Crippen LogP contribution in [-0.2, 0) is 9.47 Å². The van der Waals surface area contributed by atoms with Gasteiger partial charge in [-0.15, -0.1) is 24.0 Å². The smallest absolute Gasteiger partial charge is 0.191 e. The number of nitrogens with one attached hydrogen (secondary N) is 2. The van der Waals surface area contributed by atoms with Crippen LogP contribution in [0, 0.1) is 0 Å². The van der Waals surface area contributed by atoms with Gasteiger partial charge in [0, 0.05) is 26.8 Å². The molecule has 30 heavy (non-hydrogen) atoms. The lowest BCUT2D eigenvalue weighted by atomic mass is 10.1. The topological polar surface area (TPSA) is 67.4 Å². The van der Waals surface area contributed by atoms with Gasteiger partial charge in [0.05, 0.1) is 32.9 Å². The quantitative estimate of drug-likeness (QED) is 0.176. The second-order valence-electron chi connectivity index (χ2n) is 7.14. The van der Waals surface area contributed by atoms with Crippen molar-refractivity contribution in [3.05, 3.63) is 29.8 Å². The molecule has 1 atom stereocenters. The van der Waals surface area contributed by atoms with Crippen molar-refractivity contribution in [2.24, 2.45) is 4.99 Å². The van der Waals surface area contributed by atoms with Crippen molar-refractivity contribution in [1.29, 1.82) is 0 Å². The Balaban J connectivity index is 0.00000450. The highest BCUT2D eigenvalue weighted by atomic mass is 127. The molecule has 0 saturated carbocycles. The molecule has 1 saturated heterocycles. The van der Waals surface area contributed by atoms with Crippen LogP contribution >= 0.6 is 24.0 Å². The van der Waals surface area contributed by atoms with Crippen LogP contribution in [-0.4, -0.2) is 77.6 Å². The number of halogens is 1. The van der Waals surface area contributed by atoms with E-state index in [4.69, 9.17) is 19.2 Å². The Kier molecular flexibility index (Phi) is 14.9. The Morgan fingerprint density at radius 2 is 1.80 bits per heavy atom. The number of guanidine groups is 1. The van der Waals surface area contributed by atoms with Gasteiger partial charge in [-0.1, -0.05) is 12.1 Å². The van der Waals surface area contributed by atoms with E-state index in [0.29, 0.717) is 13.2 Å². The van der Waals surface area contributed by atoms with Crippen molar-refractivity contribution >= 4 is 29.9 Å². The van der Waals surface area contributed by atoms with Crippen LogP contribution < -0.4 is 15.4 Å². The number of likely N-dealkylation sites (tertiary alicyclic amines) is 1. The van der Waals surface area contributed by atoms with E-state index in [1.165, 1.54) is 18.4 Å². The molecule has 1 aliphatic heterocycles. The van der Waals surface area contributed by atoms with Gasteiger partial charge < -0.3 is 24.8 Å². The lowest BCUT2D eigenvalue weighted by Gasteiger charge is -2.27. The van der Waals surface area contributed by atoms with Crippen LogP contribution in [0.15, 0.2) is 29.3 Å². The predicted molar refractivity (Wildman–Crippen MR) is 133 cm³/mol. The van der Waals surface area contributed by atoms with E-state index >= 15 is 0 Å². The highest BCUT2D eigenvalue weighted by Crippen LogP contribution is 2.27. The third-order valence-corrected chi connectivity index (χ3v) is 5.04. The van der Waals surface area contributed by atoms with E-state index in [1.54, 1.807) is 14.2 Å². The van der Waals surface area contributed by atoms with Crippen molar-refractivity contribution in [3.8, 4) is 5.75 Å². The summed E-state index contributed by atoms with van der Waals surface area (Å²) < 4.78 is 15.8. The van der Waals surface area contributed by atoms with Gasteiger partial charge in [0.15, 0.2) is 5.96 Å². The number of rotatable bonds is 13. The Bertz CT molecular complexity index is 580. The average Bonchev–Trinajstić information content (AvgIpc) is 3.28. The molecule has 1 aliphatic rings. The first-order chi connectivity index (χ1) is 14.3. The molecule has 2 rings (SSSR count). The summed E-state index contributed by atoms with van der Waals surface area (Å²) in [5, 5.41) is 6.77. The van der Waals surface area contributed by atoms with Gasteiger partial charge in [-0.25, -0.2) is 0 Å². The van der Waals surface area contributed by atoms with Gasteiger partial charge in [0.25, 0.3) is 0 Å². The summed E-state index contributed by atoms with van der Waals surface area (Å²) in [5.74, 6) is 1.75. The van der Waals surface area contributed by atoms with Crippen molar-refractivity contribution < 1.29 is 14.2 Å². The summed E-state index contributed by atoms with van der Waals surface area (Å²) >= 11 is 0. The van der Waals surface area contributed by atoms with E-state index in [2.05, 4.69) is 34.6 Å². The highest BCUT2D eigenvalue weighted by molar-refractivity contribution is 14.0. The monoisotopic (exact) mass is 534 g/mol. The molecule has 1 heterocycles. The molecule has 172 valence electrons.